The van der Waals surface area contributed by atoms with Crippen molar-refractivity contribution in [2.24, 2.45) is 11.3 Å². The second-order valence-corrected chi connectivity index (χ2v) is 8.14. The average Bonchev–Trinajstić information content (AvgIpc) is 2.84. The number of carbonyl (C=O) groups is 1. The van der Waals surface area contributed by atoms with Gasteiger partial charge in [0.25, 0.3) is 0 Å². The van der Waals surface area contributed by atoms with E-state index in [1.54, 1.807) is 12.1 Å². The summed E-state index contributed by atoms with van der Waals surface area (Å²) >= 11 is 0. The number of nitrogens with zero attached hydrogens (tertiary/aromatic N) is 2. The van der Waals surface area contributed by atoms with E-state index in [4.69, 9.17) is 0 Å². The van der Waals surface area contributed by atoms with Crippen LogP contribution in [-0.2, 0) is 4.79 Å². The number of benzene rings is 1. The fourth-order valence-electron chi connectivity index (χ4n) is 4.56. The molecule has 1 aromatic carbocycles. The predicted octanol–water partition coefficient (Wildman–Crippen LogP) is 3.51. The third-order valence-corrected chi connectivity index (χ3v) is 5.79. The minimum atomic E-state index is -0.173. The quantitative estimate of drug-likeness (QED) is 0.846. The van der Waals surface area contributed by atoms with Gasteiger partial charge in [-0.05, 0) is 48.9 Å². The highest BCUT2D eigenvalue weighted by Crippen LogP contribution is 2.49. The third-order valence-electron chi connectivity index (χ3n) is 5.79. The van der Waals surface area contributed by atoms with Crippen LogP contribution in [0.3, 0.4) is 0 Å². The number of carbonyl (C=O) groups excluding carboxylic acids is 1. The van der Waals surface area contributed by atoms with Gasteiger partial charge in [0.15, 0.2) is 0 Å². The molecule has 2 heterocycles. The van der Waals surface area contributed by atoms with Gasteiger partial charge < -0.3 is 9.80 Å². The molecule has 0 radical (unpaired) electrons. The second-order valence-electron chi connectivity index (χ2n) is 8.14. The topological polar surface area (TPSA) is 23.6 Å². The Labute approximate surface area is 144 Å². The van der Waals surface area contributed by atoms with Crippen LogP contribution in [0.2, 0.25) is 0 Å². The molecule has 132 valence electrons. The number of piperidine rings is 1. The molecular formula is C20H29FN2O. The zero-order valence-electron chi connectivity index (χ0n) is 15.1. The number of hydrogen-bond acceptors (Lipinski definition) is 2. The Morgan fingerprint density at radius 2 is 1.88 bits per heavy atom. The summed E-state index contributed by atoms with van der Waals surface area (Å²) in [5.41, 5.74) is 1.46. The van der Waals surface area contributed by atoms with Crippen LogP contribution >= 0.6 is 0 Å². The number of likely N-dealkylation sites (tertiary alicyclic amines) is 2. The Bertz CT molecular complexity index is 576. The Morgan fingerprint density at radius 1 is 1.25 bits per heavy atom. The van der Waals surface area contributed by atoms with Crippen molar-refractivity contribution < 1.29 is 9.18 Å². The van der Waals surface area contributed by atoms with Crippen molar-refractivity contribution in [3.63, 3.8) is 0 Å². The standard InChI is InChI=1S/C20H29FN2O/c1-15(2)12-19(24)23-10-8-20(9-11-23)14-22(3)13-18(20)16-4-6-17(21)7-5-16/h4-7,15,18H,8-14H2,1-3H3. The van der Waals surface area contributed by atoms with E-state index < -0.39 is 0 Å². The van der Waals surface area contributed by atoms with Crippen LogP contribution in [0.4, 0.5) is 4.39 Å². The maximum Gasteiger partial charge on any atom is 0.222 e. The third kappa shape index (κ3) is 3.49. The predicted molar refractivity (Wildman–Crippen MR) is 94.3 cm³/mol. The summed E-state index contributed by atoms with van der Waals surface area (Å²) in [6.45, 7) is 8.00. The molecule has 1 amide bonds. The van der Waals surface area contributed by atoms with Gasteiger partial charge in [-0.2, -0.15) is 0 Å². The molecule has 0 bridgehead atoms. The monoisotopic (exact) mass is 332 g/mol. The second kappa shape index (κ2) is 6.83. The highest BCUT2D eigenvalue weighted by molar-refractivity contribution is 5.76. The van der Waals surface area contributed by atoms with E-state index in [9.17, 15) is 9.18 Å². The van der Waals surface area contributed by atoms with Crippen molar-refractivity contribution in [1.82, 2.24) is 9.80 Å². The first-order valence-corrected chi connectivity index (χ1v) is 9.11. The minimum Gasteiger partial charge on any atom is -0.343 e. The first-order valence-electron chi connectivity index (χ1n) is 9.11. The number of likely N-dealkylation sites (N-methyl/N-ethyl adjacent to an activating group) is 1. The fourth-order valence-corrected chi connectivity index (χ4v) is 4.56. The number of amides is 1. The van der Waals surface area contributed by atoms with Crippen LogP contribution in [0, 0.1) is 17.2 Å². The summed E-state index contributed by atoms with van der Waals surface area (Å²) in [6.07, 6.45) is 2.74. The summed E-state index contributed by atoms with van der Waals surface area (Å²) in [5, 5.41) is 0. The molecule has 3 nitrogen and oxygen atoms in total. The summed E-state index contributed by atoms with van der Waals surface area (Å²) in [4.78, 5) is 16.8. The van der Waals surface area contributed by atoms with Gasteiger partial charge in [-0.1, -0.05) is 26.0 Å². The van der Waals surface area contributed by atoms with Gasteiger partial charge in [0.1, 0.15) is 5.82 Å². The van der Waals surface area contributed by atoms with E-state index in [1.165, 1.54) is 5.56 Å². The molecule has 2 fully saturated rings. The molecular weight excluding hydrogens is 303 g/mol. The number of rotatable bonds is 3. The highest BCUT2D eigenvalue weighted by atomic mass is 19.1. The zero-order chi connectivity index (χ0) is 17.3. The van der Waals surface area contributed by atoms with Crippen molar-refractivity contribution in [2.75, 3.05) is 33.2 Å². The van der Waals surface area contributed by atoms with Crippen molar-refractivity contribution >= 4 is 5.91 Å². The fraction of sp³-hybridized carbons (Fsp3) is 0.650. The minimum absolute atomic E-state index is 0.173. The van der Waals surface area contributed by atoms with Crippen molar-refractivity contribution in [3.05, 3.63) is 35.6 Å². The molecule has 1 unspecified atom stereocenters. The molecule has 3 rings (SSSR count). The molecule has 4 heteroatoms. The molecule has 24 heavy (non-hydrogen) atoms. The first kappa shape index (κ1) is 17.4. The maximum absolute atomic E-state index is 13.3. The van der Waals surface area contributed by atoms with Crippen LogP contribution in [-0.4, -0.2) is 48.9 Å². The van der Waals surface area contributed by atoms with Crippen LogP contribution in [0.5, 0.6) is 0 Å². The van der Waals surface area contributed by atoms with Gasteiger partial charge in [-0.15, -0.1) is 0 Å². The van der Waals surface area contributed by atoms with Gasteiger partial charge in [-0.3, -0.25) is 4.79 Å². The van der Waals surface area contributed by atoms with Crippen LogP contribution in [0.15, 0.2) is 24.3 Å². The normalized spacial score (nSPS) is 24.0. The molecule has 0 aliphatic carbocycles. The van der Waals surface area contributed by atoms with Gasteiger partial charge in [0.2, 0.25) is 5.91 Å². The molecule has 0 aromatic heterocycles. The van der Waals surface area contributed by atoms with Gasteiger partial charge in [0, 0.05) is 38.5 Å². The summed E-state index contributed by atoms with van der Waals surface area (Å²) in [6, 6.07) is 7.03. The first-order chi connectivity index (χ1) is 11.4. The van der Waals surface area contributed by atoms with E-state index in [-0.39, 0.29) is 11.2 Å². The Balaban J connectivity index is 1.72. The average molecular weight is 332 g/mol. The molecule has 2 aliphatic heterocycles. The smallest absolute Gasteiger partial charge is 0.222 e. The largest absolute Gasteiger partial charge is 0.343 e. The lowest BCUT2D eigenvalue weighted by atomic mass is 9.68. The molecule has 1 spiro atoms. The Hall–Kier alpha value is -1.42. The number of hydrogen-bond donors (Lipinski definition) is 0. The van der Waals surface area contributed by atoms with Gasteiger partial charge in [-0.25, -0.2) is 4.39 Å². The van der Waals surface area contributed by atoms with E-state index in [0.29, 0.717) is 24.2 Å². The lowest BCUT2D eigenvalue weighted by Gasteiger charge is -2.43. The lowest BCUT2D eigenvalue weighted by Crippen LogP contribution is -2.46. The zero-order valence-corrected chi connectivity index (χ0v) is 15.1. The van der Waals surface area contributed by atoms with Crippen LogP contribution in [0.25, 0.3) is 0 Å². The molecule has 1 aromatic rings. The lowest BCUT2D eigenvalue weighted by molar-refractivity contribution is -0.134. The van der Waals surface area contributed by atoms with Crippen molar-refractivity contribution in [1.29, 1.82) is 0 Å². The summed E-state index contributed by atoms with van der Waals surface area (Å²) < 4.78 is 13.3. The molecule has 2 saturated heterocycles. The van der Waals surface area contributed by atoms with E-state index in [1.807, 2.05) is 17.0 Å². The van der Waals surface area contributed by atoms with Crippen LogP contribution in [0.1, 0.15) is 44.6 Å². The summed E-state index contributed by atoms with van der Waals surface area (Å²) in [7, 11) is 2.17. The van der Waals surface area contributed by atoms with Crippen molar-refractivity contribution in [3.8, 4) is 0 Å². The SMILES string of the molecule is CC(C)CC(=O)N1CCC2(CC1)CN(C)CC2c1ccc(F)cc1. The molecule has 0 saturated carbocycles. The van der Waals surface area contributed by atoms with E-state index in [0.717, 1.165) is 39.0 Å². The van der Waals surface area contributed by atoms with Gasteiger partial charge >= 0.3 is 0 Å². The molecule has 2 aliphatic rings. The molecule has 0 N–H and O–H groups in total. The van der Waals surface area contributed by atoms with Crippen molar-refractivity contribution in [2.45, 2.75) is 39.0 Å². The van der Waals surface area contributed by atoms with Gasteiger partial charge in [0.05, 0.1) is 0 Å². The molecule has 1 atom stereocenters. The van der Waals surface area contributed by atoms with E-state index in [2.05, 4.69) is 25.8 Å². The Kier molecular flexibility index (Phi) is 4.95. The highest BCUT2D eigenvalue weighted by Gasteiger charge is 2.47. The Morgan fingerprint density at radius 3 is 2.46 bits per heavy atom. The maximum atomic E-state index is 13.3. The van der Waals surface area contributed by atoms with Crippen LogP contribution < -0.4 is 0 Å². The summed E-state index contributed by atoms with van der Waals surface area (Å²) in [5.74, 6) is 0.973. The number of halogens is 1. The van der Waals surface area contributed by atoms with E-state index >= 15 is 0 Å².